The van der Waals surface area contributed by atoms with Gasteiger partial charge in [-0.1, -0.05) is 19.9 Å². The van der Waals surface area contributed by atoms with E-state index in [-0.39, 0.29) is 21.4 Å². The summed E-state index contributed by atoms with van der Waals surface area (Å²) < 4.78 is 61.6. The van der Waals surface area contributed by atoms with E-state index in [9.17, 15) is 16.8 Å². The van der Waals surface area contributed by atoms with Gasteiger partial charge < -0.3 is 4.74 Å². The van der Waals surface area contributed by atoms with E-state index in [0.717, 1.165) is 18.4 Å². The molecule has 9 heteroatoms. The van der Waals surface area contributed by atoms with Crippen LogP contribution in [0.2, 0.25) is 0 Å². The van der Waals surface area contributed by atoms with Crippen LogP contribution in [0.1, 0.15) is 37.8 Å². The number of fused-ring (bicyclic) bond motifs is 1. The van der Waals surface area contributed by atoms with Gasteiger partial charge in [0.05, 0.1) is 4.90 Å². The van der Waals surface area contributed by atoms with E-state index in [1.165, 1.54) is 34.6 Å². The average Bonchev–Trinajstić information content (AvgIpc) is 2.68. The minimum Gasteiger partial charge on any atom is -0.436 e. The zero-order valence-corrected chi connectivity index (χ0v) is 18.3. The molecule has 2 aromatic carbocycles. The molecule has 0 saturated carbocycles. The van der Waals surface area contributed by atoms with Crippen molar-refractivity contribution in [1.82, 2.24) is 4.31 Å². The van der Waals surface area contributed by atoms with Crippen LogP contribution in [0.3, 0.4) is 0 Å². The second-order valence-corrected chi connectivity index (χ2v) is 10.4. The molecule has 0 spiro atoms. The molecule has 0 saturated heterocycles. The maximum atomic E-state index is 12.9. The van der Waals surface area contributed by atoms with Gasteiger partial charge in [0.2, 0.25) is 15.9 Å². The van der Waals surface area contributed by atoms with Crippen LogP contribution in [0.25, 0.3) is 0 Å². The third-order valence-electron chi connectivity index (χ3n) is 4.47. The molecule has 1 aliphatic heterocycles. The maximum absolute atomic E-state index is 12.9. The molecular weight excluding hydrogens is 412 g/mol. The van der Waals surface area contributed by atoms with Gasteiger partial charge in [-0.3, -0.25) is 0 Å². The van der Waals surface area contributed by atoms with Crippen LogP contribution in [-0.2, 0) is 20.0 Å². The third-order valence-corrected chi connectivity index (χ3v) is 7.67. The smallest absolute Gasteiger partial charge is 0.289 e. The minimum absolute atomic E-state index is 0.0234. The summed E-state index contributed by atoms with van der Waals surface area (Å²) in [6, 6.07) is 10.8. The molecule has 156 valence electrons. The minimum atomic E-state index is -3.89. The highest BCUT2D eigenvalue weighted by Crippen LogP contribution is 2.32. The Balaban J connectivity index is 1.93. The molecule has 0 unspecified atom stereocenters. The van der Waals surface area contributed by atoms with Crippen molar-refractivity contribution in [2.24, 2.45) is 4.40 Å². The van der Waals surface area contributed by atoms with Gasteiger partial charge in [-0.25, -0.2) is 8.42 Å². The Morgan fingerprint density at radius 3 is 2.21 bits per heavy atom. The summed E-state index contributed by atoms with van der Waals surface area (Å²) in [5, 5.41) is 0. The molecule has 0 fully saturated rings. The summed E-state index contributed by atoms with van der Waals surface area (Å²) in [5.74, 6) is 0.124. The molecule has 1 heterocycles. The molecule has 2 aromatic rings. The lowest BCUT2D eigenvalue weighted by atomic mass is 10.2. The van der Waals surface area contributed by atoms with Crippen molar-refractivity contribution in [3.63, 3.8) is 0 Å². The predicted octanol–water partition coefficient (Wildman–Crippen LogP) is 3.33. The Morgan fingerprint density at radius 1 is 1.00 bits per heavy atom. The van der Waals surface area contributed by atoms with E-state index >= 15 is 0 Å². The first kappa shape index (κ1) is 21.5. The maximum Gasteiger partial charge on any atom is 0.289 e. The highest BCUT2D eigenvalue weighted by molar-refractivity contribution is 7.90. The second-order valence-electron chi connectivity index (χ2n) is 6.85. The van der Waals surface area contributed by atoms with E-state index in [1.807, 2.05) is 13.8 Å². The van der Waals surface area contributed by atoms with Crippen molar-refractivity contribution in [2.45, 2.75) is 43.4 Å². The molecule has 0 N–H and O–H groups in total. The lowest BCUT2D eigenvalue weighted by Crippen LogP contribution is -2.32. The lowest BCUT2D eigenvalue weighted by Gasteiger charge is -2.21. The zero-order valence-electron chi connectivity index (χ0n) is 16.6. The van der Waals surface area contributed by atoms with Gasteiger partial charge in [-0.05, 0) is 61.7 Å². The summed E-state index contributed by atoms with van der Waals surface area (Å²) in [7, 11) is -7.51. The largest absolute Gasteiger partial charge is 0.436 e. The zero-order chi connectivity index (χ0) is 21.2. The molecular formula is C20H24N2O5S2. The van der Waals surface area contributed by atoms with E-state index in [1.54, 1.807) is 19.1 Å². The molecule has 0 atom stereocenters. The SMILES string of the molecule is CCCN(CCC)S(=O)(=O)c1ccc(C2=NS(=O)(=O)c3cc(C)ccc3O2)cc1. The number of sulfonamides is 2. The van der Waals surface area contributed by atoms with E-state index in [0.29, 0.717) is 18.7 Å². The molecule has 1 aliphatic rings. The highest BCUT2D eigenvalue weighted by Gasteiger charge is 2.28. The predicted molar refractivity (Wildman–Crippen MR) is 111 cm³/mol. The van der Waals surface area contributed by atoms with Gasteiger partial charge in [-0.2, -0.15) is 12.7 Å². The first-order chi connectivity index (χ1) is 13.7. The highest BCUT2D eigenvalue weighted by atomic mass is 32.2. The molecule has 0 aliphatic carbocycles. The van der Waals surface area contributed by atoms with Crippen molar-refractivity contribution in [2.75, 3.05) is 13.1 Å². The Labute approximate surface area is 172 Å². The van der Waals surface area contributed by atoms with Crippen molar-refractivity contribution in [3.8, 4) is 5.75 Å². The van der Waals surface area contributed by atoms with Crippen LogP contribution in [0, 0.1) is 6.92 Å². The fourth-order valence-electron chi connectivity index (χ4n) is 3.06. The first-order valence-electron chi connectivity index (χ1n) is 9.43. The number of hydrogen-bond donors (Lipinski definition) is 0. The lowest BCUT2D eigenvalue weighted by molar-refractivity contribution is 0.410. The van der Waals surface area contributed by atoms with Gasteiger partial charge in [0, 0.05) is 18.7 Å². The van der Waals surface area contributed by atoms with Gasteiger partial charge in [0.25, 0.3) is 10.0 Å². The summed E-state index contributed by atoms with van der Waals surface area (Å²) in [4.78, 5) is 0.175. The number of ether oxygens (including phenoxy) is 1. The van der Waals surface area contributed by atoms with Gasteiger partial charge in [0.1, 0.15) is 10.6 Å². The molecule has 0 amide bonds. The standard InChI is InChI=1S/C20H24N2O5S2/c1-4-12-22(13-5-2)29(25,26)17-9-7-16(8-10-17)20-21-28(23,24)19-14-15(3)6-11-18(19)27-20/h6-11,14H,4-5,12-13H2,1-3H3. The van der Waals surface area contributed by atoms with Crippen LogP contribution in [-0.4, -0.2) is 40.1 Å². The normalized spacial score (nSPS) is 15.5. The molecule has 0 bridgehead atoms. The molecule has 29 heavy (non-hydrogen) atoms. The van der Waals surface area contributed by atoms with Crippen LogP contribution in [0.4, 0.5) is 0 Å². The van der Waals surface area contributed by atoms with Crippen LogP contribution < -0.4 is 4.74 Å². The number of aryl methyl sites for hydroxylation is 1. The van der Waals surface area contributed by atoms with Gasteiger partial charge >= 0.3 is 0 Å². The second kappa shape index (κ2) is 8.25. The van der Waals surface area contributed by atoms with Crippen molar-refractivity contribution in [1.29, 1.82) is 0 Å². The number of nitrogens with zero attached hydrogens (tertiary/aromatic N) is 2. The fourth-order valence-corrected chi connectivity index (χ4v) is 5.85. The quantitative estimate of drug-likeness (QED) is 0.664. The third kappa shape index (κ3) is 4.36. The Kier molecular flexibility index (Phi) is 6.11. The Morgan fingerprint density at radius 2 is 1.62 bits per heavy atom. The van der Waals surface area contributed by atoms with E-state index in [4.69, 9.17) is 4.74 Å². The summed E-state index contributed by atoms with van der Waals surface area (Å²) >= 11 is 0. The Hall–Kier alpha value is -2.23. The summed E-state index contributed by atoms with van der Waals surface area (Å²) in [6.07, 6.45) is 1.44. The molecule has 3 rings (SSSR count). The van der Waals surface area contributed by atoms with Crippen LogP contribution >= 0.6 is 0 Å². The molecule has 0 aromatic heterocycles. The molecule has 0 radical (unpaired) electrons. The fraction of sp³-hybridized carbons (Fsp3) is 0.350. The number of benzene rings is 2. The number of rotatable bonds is 7. The van der Waals surface area contributed by atoms with Crippen LogP contribution in [0.5, 0.6) is 5.75 Å². The molecule has 7 nitrogen and oxygen atoms in total. The van der Waals surface area contributed by atoms with Crippen molar-refractivity contribution < 1.29 is 21.6 Å². The Bertz CT molecular complexity index is 1130. The van der Waals surface area contributed by atoms with E-state index in [2.05, 4.69) is 4.40 Å². The van der Waals surface area contributed by atoms with Gasteiger partial charge in [-0.15, -0.1) is 4.40 Å². The topological polar surface area (TPSA) is 93.1 Å². The summed E-state index contributed by atoms with van der Waals surface area (Å²) in [6.45, 7) is 6.54. The summed E-state index contributed by atoms with van der Waals surface area (Å²) in [5.41, 5.74) is 1.17. The van der Waals surface area contributed by atoms with Crippen molar-refractivity contribution >= 4 is 25.9 Å². The average molecular weight is 437 g/mol. The monoisotopic (exact) mass is 436 g/mol. The van der Waals surface area contributed by atoms with Crippen molar-refractivity contribution in [3.05, 3.63) is 53.6 Å². The number of hydrogen-bond acceptors (Lipinski definition) is 5. The first-order valence-corrected chi connectivity index (χ1v) is 12.3. The van der Waals surface area contributed by atoms with Gasteiger partial charge in [0.15, 0.2) is 0 Å². The van der Waals surface area contributed by atoms with Crippen LogP contribution in [0.15, 0.2) is 56.7 Å². The van der Waals surface area contributed by atoms with E-state index < -0.39 is 20.0 Å².